The van der Waals surface area contributed by atoms with Gasteiger partial charge in [0.1, 0.15) is 0 Å². The fraction of sp³-hybridized carbons (Fsp3) is 1.00. The van der Waals surface area contributed by atoms with E-state index in [9.17, 15) is 0 Å². The average Bonchev–Trinajstić information content (AvgIpc) is 2.71. The number of nitrogens with zero attached hydrogens (tertiary/aromatic N) is 2. The minimum absolute atomic E-state index is 0.416. The number of nitrogens with one attached hydrogen (secondary N) is 1. The number of hydrogen-bond acceptors (Lipinski definition) is 4. The van der Waals surface area contributed by atoms with Gasteiger partial charge in [0.05, 0.1) is 12.2 Å². The van der Waals surface area contributed by atoms with Crippen molar-refractivity contribution in [2.75, 3.05) is 47.3 Å². The van der Waals surface area contributed by atoms with Crippen LogP contribution in [0.4, 0.5) is 0 Å². The first-order chi connectivity index (χ1) is 8.47. The van der Waals surface area contributed by atoms with E-state index in [1.165, 1.54) is 12.8 Å². The second-order valence-electron chi connectivity index (χ2n) is 6.09. The smallest absolute Gasteiger partial charge is 0.0707 e. The van der Waals surface area contributed by atoms with Crippen molar-refractivity contribution in [2.45, 2.75) is 44.9 Å². The lowest BCUT2D eigenvalue weighted by molar-refractivity contribution is 0.0263. The molecular formula is C14H31N3O. The molecule has 4 heteroatoms. The van der Waals surface area contributed by atoms with Crippen LogP contribution in [0.1, 0.15) is 26.7 Å². The van der Waals surface area contributed by atoms with Crippen molar-refractivity contribution in [3.05, 3.63) is 0 Å². The summed E-state index contributed by atoms with van der Waals surface area (Å²) < 4.78 is 6.07. The molecule has 1 heterocycles. The molecule has 1 aliphatic rings. The molecule has 0 bridgehead atoms. The van der Waals surface area contributed by atoms with Crippen LogP contribution in [-0.2, 0) is 4.74 Å². The molecular weight excluding hydrogens is 226 g/mol. The van der Waals surface area contributed by atoms with Gasteiger partial charge in [0, 0.05) is 32.2 Å². The van der Waals surface area contributed by atoms with Crippen molar-refractivity contribution in [3.63, 3.8) is 0 Å². The molecule has 1 N–H and O–H groups in total. The third kappa shape index (κ3) is 6.69. The fourth-order valence-corrected chi connectivity index (χ4v) is 2.24. The quantitative estimate of drug-likeness (QED) is 0.703. The maximum Gasteiger partial charge on any atom is 0.0707 e. The van der Waals surface area contributed by atoms with Crippen LogP contribution in [0.5, 0.6) is 0 Å². The minimum atomic E-state index is 0.416. The Bertz CT molecular complexity index is 221. The van der Waals surface area contributed by atoms with Crippen LogP contribution in [0, 0.1) is 0 Å². The summed E-state index contributed by atoms with van der Waals surface area (Å²) in [6, 6.07) is 0.551. The van der Waals surface area contributed by atoms with E-state index in [-0.39, 0.29) is 0 Å². The van der Waals surface area contributed by atoms with Crippen LogP contribution < -0.4 is 5.32 Å². The van der Waals surface area contributed by atoms with Crippen molar-refractivity contribution in [1.82, 2.24) is 15.1 Å². The molecule has 0 spiro atoms. The molecule has 0 aliphatic carbocycles. The van der Waals surface area contributed by atoms with Gasteiger partial charge in [-0.15, -0.1) is 0 Å². The predicted octanol–water partition coefficient (Wildman–Crippen LogP) is 1.03. The molecule has 18 heavy (non-hydrogen) atoms. The average molecular weight is 257 g/mol. The Morgan fingerprint density at radius 3 is 2.39 bits per heavy atom. The van der Waals surface area contributed by atoms with Gasteiger partial charge in [0.15, 0.2) is 0 Å². The van der Waals surface area contributed by atoms with E-state index in [1.807, 2.05) is 0 Å². The van der Waals surface area contributed by atoms with Gasteiger partial charge < -0.3 is 19.9 Å². The van der Waals surface area contributed by atoms with E-state index in [1.54, 1.807) is 0 Å². The zero-order chi connectivity index (χ0) is 13.5. The monoisotopic (exact) mass is 257 g/mol. The van der Waals surface area contributed by atoms with Crippen LogP contribution in [0.3, 0.4) is 0 Å². The van der Waals surface area contributed by atoms with E-state index in [0.29, 0.717) is 18.2 Å². The molecule has 1 aliphatic heterocycles. The van der Waals surface area contributed by atoms with E-state index >= 15 is 0 Å². The molecule has 0 aromatic carbocycles. The highest BCUT2D eigenvalue weighted by Gasteiger charge is 2.25. The molecule has 1 rings (SSSR count). The molecule has 1 fully saturated rings. The Hall–Kier alpha value is -0.160. The SMILES string of the molecule is CC(C)NCC1CCC(CN(C)CCN(C)C)O1. The molecule has 0 aromatic heterocycles. The number of ether oxygens (including phenoxy) is 1. The highest BCUT2D eigenvalue weighted by Crippen LogP contribution is 2.19. The Morgan fingerprint density at radius 2 is 1.78 bits per heavy atom. The summed E-state index contributed by atoms with van der Waals surface area (Å²) in [4.78, 5) is 4.60. The molecule has 0 radical (unpaired) electrons. The van der Waals surface area contributed by atoms with E-state index in [0.717, 1.165) is 26.2 Å². The summed E-state index contributed by atoms with van der Waals surface area (Å²) in [6.07, 6.45) is 3.25. The van der Waals surface area contributed by atoms with Gasteiger partial charge in [-0.05, 0) is 34.0 Å². The first kappa shape index (κ1) is 15.9. The normalized spacial score (nSPS) is 24.7. The Labute approximate surface area is 113 Å². The number of rotatable bonds is 8. The molecule has 0 amide bonds. The standard InChI is InChI=1S/C14H31N3O/c1-12(2)15-10-13-6-7-14(18-13)11-17(5)9-8-16(3)4/h12-15H,6-11H2,1-5H3. The predicted molar refractivity (Wildman–Crippen MR) is 77.1 cm³/mol. The molecule has 0 aromatic rings. The van der Waals surface area contributed by atoms with E-state index in [4.69, 9.17) is 4.74 Å². The highest BCUT2D eigenvalue weighted by molar-refractivity contribution is 4.78. The van der Waals surface area contributed by atoms with Gasteiger partial charge >= 0.3 is 0 Å². The van der Waals surface area contributed by atoms with Crippen molar-refractivity contribution < 1.29 is 4.74 Å². The van der Waals surface area contributed by atoms with Crippen LogP contribution in [0.25, 0.3) is 0 Å². The molecule has 2 atom stereocenters. The summed E-state index contributed by atoms with van der Waals surface area (Å²) in [7, 11) is 6.42. The van der Waals surface area contributed by atoms with Gasteiger partial charge in [-0.25, -0.2) is 0 Å². The summed E-state index contributed by atoms with van der Waals surface area (Å²) in [5.41, 5.74) is 0. The number of likely N-dealkylation sites (N-methyl/N-ethyl adjacent to an activating group) is 2. The molecule has 2 unspecified atom stereocenters. The lowest BCUT2D eigenvalue weighted by Gasteiger charge is -2.23. The highest BCUT2D eigenvalue weighted by atomic mass is 16.5. The maximum absolute atomic E-state index is 6.07. The van der Waals surface area contributed by atoms with E-state index in [2.05, 4.69) is 50.1 Å². The summed E-state index contributed by atoms with van der Waals surface area (Å²) in [5, 5.41) is 3.46. The fourth-order valence-electron chi connectivity index (χ4n) is 2.24. The van der Waals surface area contributed by atoms with Crippen LogP contribution >= 0.6 is 0 Å². The zero-order valence-electron chi connectivity index (χ0n) is 12.8. The summed E-state index contributed by atoms with van der Waals surface area (Å²) >= 11 is 0. The van der Waals surface area contributed by atoms with Crippen molar-refractivity contribution in [1.29, 1.82) is 0 Å². The topological polar surface area (TPSA) is 27.7 Å². The second kappa shape index (κ2) is 8.10. The Balaban J connectivity index is 2.13. The Morgan fingerprint density at radius 1 is 1.11 bits per heavy atom. The third-order valence-electron chi connectivity index (χ3n) is 3.39. The lowest BCUT2D eigenvalue weighted by Crippen LogP contribution is -2.36. The molecule has 0 saturated carbocycles. The molecule has 108 valence electrons. The van der Waals surface area contributed by atoms with Gasteiger partial charge in [-0.1, -0.05) is 13.8 Å². The van der Waals surface area contributed by atoms with Gasteiger partial charge in [0.2, 0.25) is 0 Å². The van der Waals surface area contributed by atoms with Crippen LogP contribution in [0.15, 0.2) is 0 Å². The van der Waals surface area contributed by atoms with Gasteiger partial charge in [-0.2, -0.15) is 0 Å². The Kier molecular flexibility index (Phi) is 7.15. The minimum Gasteiger partial charge on any atom is -0.372 e. The number of hydrogen-bond donors (Lipinski definition) is 1. The van der Waals surface area contributed by atoms with Crippen molar-refractivity contribution in [2.24, 2.45) is 0 Å². The summed E-state index contributed by atoms with van der Waals surface area (Å²) in [5.74, 6) is 0. The largest absolute Gasteiger partial charge is 0.372 e. The maximum atomic E-state index is 6.07. The van der Waals surface area contributed by atoms with Crippen LogP contribution in [0.2, 0.25) is 0 Å². The van der Waals surface area contributed by atoms with Gasteiger partial charge in [-0.3, -0.25) is 0 Å². The first-order valence-electron chi connectivity index (χ1n) is 7.19. The van der Waals surface area contributed by atoms with Crippen molar-refractivity contribution >= 4 is 0 Å². The lowest BCUT2D eigenvalue weighted by atomic mass is 10.2. The first-order valence-corrected chi connectivity index (χ1v) is 7.19. The molecule has 1 saturated heterocycles. The molecule has 4 nitrogen and oxygen atoms in total. The zero-order valence-corrected chi connectivity index (χ0v) is 12.8. The van der Waals surface area contributed by atoms with Crippen LogP contribution in [-0.4, -0.2) is 75.4 Å². The third-order valence-corrected chi connectivity index (χ3v) is 3.39. The second-order valence-corrected chi connectivity index (χ2v) is 6.09. The summed E-state index contributed by atoms with van der Waals surface area (Å²) in [6.45, 7) is 8.65. The van der Waals surface area contributed by atoms with E-state index < -0.39 is 0 Å². The van der Waals surface area contributed by atoms with Gasteiger partial charge in [0.25, 0.3) is 0 Å². The van der Waals surface area contributed by atoms with Crippen molar-refractivity contribution in [3.8, 4) is 0 Å².